The largest absolute Gasteiger partial charge is 0.322 e. The molecule has 25 heavy (non-hydrogen) atoms. The van der Waals surface area contributed by atoms with E-state index in [1.54, 1.807) is 28.9 Å². The third-order valence-electron chi connectivity index (χ3n) is 3.75. The van der Waals surface area contributed by atoms with Crippen LogP contribution in [0.5, 0.6) is 0 Å². The maximum absolute atomic E-state index is 13.7. The summed E-state index contributed by atoms with van der Waals surface area (Å²) in [4.78, 5) is 12.1. The second-order valence-electron chi connectivity index (χ2n) is 5.52. The van der Waals surface area contributed by atoms with E-state index in [0.29, 0.717) is 11.8 Å². The minimum atomic E-state index is -0.901. The smallest absolute Gasteiger partial charge is 0.258 e. The van der Waals surface area contributed by atoms with Crippen molar-refractivity contribution in [3.05, 3.63) is 75.5 Å². The molecule has 4 nitrogen and oxygen atoms in total. The molecule has 0 unspecified atom stereocenters. The lowest BCUT2D eigenvalue weighted by molar-refractivity contribution is 0.102. The molecule has 0 fully saturated rings. The molecule has 0 radical (unpaired) electrons. The van der Waals surface area contributed by atoms with Gasteiger partial charge in [0.2, 0.25) is 0 Å². The molecule has 7 heteroatoms. The Kier molecular flexibility index (Phi) is 4.67. The summed E-state index contributed by atoms with van der Waals surface area (Å²) in [6, 6.07) is 9.81. The molecule has 0 aliphatic carbocycles. The number of nitrogens with one attached hydrogen (secondary N) is 1. The van der Waals surface area contributed by atoms with Crippen molar-refractivity contribution in [2.75, 3.05) is 5.32 Å². The molecular formula is C18H14BrF2N3O. The van der Waals surface area contributed by atoms with Gasteiger partial charge in [-0.2, -0.15) is 5.10 Å². The van der Waals surface area contributed by atoms with E-state index >= 15 is 0 Å². The van der Waals surface area contributed by atoms with E-state index in [-0.39, 0.29) is 5.56 Å². The number of hydrogen-bond acceptors (Lipinski definition) is 2. The van der Waals surface area contributed by atoms with Crippen molar-refractivity contribution in [3.8, 4) is 5.69 Å². The van der Waals surface area contributed by atoms with E-state index in [0.717, 1.165) is 33.7 Å². The Bertz CT molecular complexity index is 952. The molecule has 0 atom stereocenters. The first-order valence-corrected chi connectivity index (χ1v) is 8.24. The number of amides is 1. The van der Waals surface area contributed by atoms with Crippen LogP contribution in [-0.2, 0) is 0 Å². The SMILES string of the molecule is Cc1nn(-c2ccc(NC(=O)c3ccc(F)cc3F)cc2)c(C)c1Br. The van der Waals surface area contributed by atoms with Crippen molar-refractivity contribution in [2.24, 2.45) is 0 Å². The van der Waals surface area contributed by atoms with Crippen molar-refractivity contribution in [1.82, 2.24) is 9.78 Å². The average Bonchev–Trinajstić information content (AvgIpc) is 2.83. The van der Waals surface area contributed by atoms with Crippen LogP contribution in [-0.4, -0.2) is 15.7 Å². The van der Waals surface area contributed by atoms with Crippen molar-refractivity contribution in [1.29, 1.82) is 0 Å². The summed E-state index contributed by atoms with van der Waals surface area (Å²) < 4.78 is 29.3. The number of rotatable bonds is 3. The van der Waals surface area contributed by atoms with Gasteiger partial charge in [-0.15, -0.1) is 0 Å². The highest BCUT2D eigenvalue weighted by molar-refractivity contribution is 9.10. The van der Waals surface area contributed by atoms with E-state index in [1.807, 2.05) is 13.8 Å². The van der Waals surface area contributed by atoms with Crippen LogP contribution in [0.15, 0.2) is 46.9 Å². The molecule has 0 saturated carbocycles. The normalized spacial score (nSPS) is 10.8. The molecule has 2 aromatic carbocycles. The Hall–Kier alpha value is -2.54. The summed E-state index contributed by atoms with van der Waals surface area (Å²) >= 11 is 3.48. The fourth-order valence-corrected chi connectivity index (χ4v) is 2.68. The molecule has 0 saturated heterocycles. The zero-order valence-electron chi connectivity index (χ0n) is 13.5. The number of aryl methyl sites for hydroxylation is 1. The summed E-state index contributed by atoms with van der Waals surface area (Å²) in [5.41, 5.74) is 2.95. The third-order valence-corrected chi connectivity index (χ3v) is 4.90. The lowest BCUT2D eigenvalue weighted by Gasteiger charge is -2.08. The first-order chi connectivity index (χ1) is 11.9. The monoisotopic (exact) mass is 405 g/mol. The molecule has 1 aromatic heterocycles. The van der Waals surface area contributed by atoms with Gasteiger partial charge >= 0.3 is 0 Å². The van der Waals surface area contributed by atoms with Crippen LogP contribution in [0.25, 0.3) is 5.69 Å². The van der Waals surface area contributed by atoms with Gasteiger partial charge in [0, 0.05) is 11.8 Å². The highest BCUT2D eigenvalue weighted by atomic mass is 79.9. The average molecular weight is 406 g/mol. The quantitative estimate of drug-likeness (QED) is 0.681. The number of aromatic nitrogens is 2. The van der Waals surface area contributed by atoms with Crippen LogP contribution in [0, 0.1) is 25.5 Å². The van der Waals surface area contributed by atoms with Crippen molar-refractivity contribution in [2.45, 2.75) is 13.8 Å². The standard InChI is InChI=1S/C18H14BrF2N3O/c1-10-17(19)11(2)24(23-10)14-6-4-13(5-7-14)22-18(25)15-8-3-12(20)9-16(15)21/h3-9H,1-2H3,(H,22,25). The lowest BCUT2D eigenvalue weighted by Crippen LogP contribution is -2.14. The highest BCUT2D eigenvalue weighted by Gasteiger charge is 2.13. The van der Waals surface area contributed by atoms with Crippen molar-refractivity contribution in [3.63, 3.8) is 0 Å². The maximum atomic E-state index is 13.7. The molecule has 1 amide bonds. The van der Waals surface area contributed by atoms with Gasteiger partial charge in [-0.25, -0.2) is 13.5 Å². The van der Waals surface area contributed by atoms with Crippen LogP contribution in [0.2, 0.25) is 0 Å². The molecule has 1 heterocycles. The van der Waals surface area contributed by atoms with E-state index in [2.05, 4.69) is 26.3 Å². The number of nitrogens with zero attached hydrogens (tertiary/aromatic N) is 2. The topological polar surface area (TPSA) is 46.9 Å². The van der Waals surface area contributed by atoms with Gasteiger partial charge in [-0.3, -0.25) is 4.79 Å². The first-order valence-electron chi connectivity index (χ1n) is 7.45. The molecule has 0 spiro atoms. The number of carbonyl (C=O) groups excluding carboxylic acids is 1. The van der Waals surface area contributed by atoms with E-state index < -0.39 is 17.5 Å². The zero-order chi connectivity index (χ0) is 18.1. The Labute approximate surface area is 151 Å². The molecule has 3 rings (SSSR count). The summed E-state index contributed by atoms with van der Waals surface area (Å²) in [5, 5.41) is 7.02. The second kappa shape index (κ2) is 6.76. The number of hydrogen-bond donors (Lipinski definition) is 1. The molecule has 0 bridgehead atoms. The minimum absolute atomic E-state index is 0.215. The van der Waals surface area contributed by atoms with Gasteiger partial charge in [-0.1, -0.05) is 0 Å². The predicted octanol–water partition coefficient (Wildman–Crippen LogP) is 4.78. The van der Waals surface area contributed by atoms with Gasteiger partial charge < -0.3 is 5.32 Å². The summed E-state index contributed by atoms with van der Waals surface area (Å²) in [6.07, 6.45) is 0. The maximum Gasteiger partial charge on any atom is 0.258 e. The highest BCUT2D eigenvalue weighted by Crippen LogP contribution is 2.24. The van der Waals surface area contributed by atoms with Gasteiger partial charge in [0.25, 0.3) is 5.91 Å². The molecule has 3 aromatic rings. The number of benzene rings is 2. The van der Waals surface area contributed by atoms with E-state index in [9.17, 15) is 13.6 Å². The molecule has 1 N–H and O–H groups in total. The molecular weight excluding hydrogens is 392 g/mol. The van der Waals surface area contributed by atoms with Crippen LogP contribution in [0.3, 0.4) is 0 Å². The van der Waals surface area contributed by atoms with Gasteiger partial charge in [0.15, 0.2) is 0 Å². The van der Waals surface area contributed by atoms with Crippen LogP contribution in [0.1, 0.15) is 21.7 Å². The minimum Gasteiger partial charge on any atom is -0.322 e. The van der Waals surface area contributed by atoms with Crippen LogP contribution in [0.4, 0.5) is 14.5 Å². The predicted molar refractivity (Wildman–Crippen MR) is 95.0 cm³/mol. The Morgan fingerprint density at radius 3 is 2.36 bits per heavy atom. The van der Waals surface area contributed by atoms with Gasteiger partial charge in [0.1, 0.15) is 11.6 Å². The summed E-state index contributed by atoms with van der Waals surface area (Å²) in [5.74, 6) is -2.27. The van der Waals surface area contributed by atoms with E-state index in [4.69, 9.17) is 0 Å². The van der Waals surface area contributed by atoms with Crippen molar-refractivity contribution < 1.29 is 13.6 Å². The van der Waals surface area contributed by atoms with Crippen LogP contribution < -0.4 is 5.32 Å². The van der Waals surface area contributed by atoms with Gasteiger partial charge in [-0.05, 0) is 66.2 Å². The molecule has 0 aliphatic rings. The number of carbonyl (C=O) groups is 1. The fourth-order valence-electron chi connectivity index (χ4n) is 2.43. The number of halogens is 3. The Morgan fingerprint density at radius 1 is 1.12 bits per heavy atom. The fraction of sp³-hybridized carbons (Fsp3) is 0.111. The molecule has 128 valence electrons. The van der Waals surface area contributed by atoms with Crippen molar-refractivity contribution >= 4 is 27.5 Å². The lowest BCUT2D eigenvalue weighted by atomic mass is 10.2. The molecule has 0 aliphatic heterocycles. The summed E-state index contributed by atoms with van der Waals surface area (Å²) in [6.45, 7) is 3.84. The van der Waals surface area contributed by atoms with Crippen LogP contribution >= 0.6 is 15.9 Å². The van der Waals surface area contributed by atoms with E-state index in [1.165, 1.54) is 0 Å². The zero-order valence-corrected chi connectivity index (χ0v) is 15.1. The van der Waals surface area contributed by atoms with Gasteiger partial charge in [0.05, 0.1) is 27.1 Å². The first kappa shape index (κ1) is 17.3. The second-order valence-corrected chi connectivity index (χ2v) is 6.31. The Balaban J connectivity index is 1.81. The summed E-state index contributed by atoms with van der Waals surface area (Å²) in [7, 11) is 0. The number of anilines is 1. The Morgan fingerprint density at radius 2 is 1.80 bits per heavy atom. The third kappa shape index (κ3) is 3.46.